The summed E-state index contributed by atoms with van der Waals surface area (Å²) in [6, 6.07) is 1.95. The third kappa shape index (κ3) is 3.49. The van der Waals surface area contributed by atoms with Gasteiger partial charge in [-0.15, -0.1) is 0 Å². The lowest BCUT2D eigenvalue weighted by molar-refractivity contribution is -0.129. The van der Waals surface area contributed by atoms with Gasteiger partial charge in [-0.25, -0.2) is 14.6 Å². The molecule has 1 aliphatic carbocycles. The summed E-state index contributed by atoms with van der Waals surface area (Å²) < 4.78 is 1.78. The van der Waals surface area contributed by atoms with Crippen molar-refractivity contribution in [2.75, 3.05) is 13.1 Å². The van der Waals surface area contributed by atoms with Crippen LogP contribution in [0.15, 0.2) is 6.07 Å². The minimum Gasteiger partial charge on any atom is -0.342 e. The van der Waals surface area contributed by atoms with Gasteiger partial charge in [0.05, 0.1) is 12.1 Å². The van der Waals surface area contributed by atoms with Crippen LogP contribution in [0.1, 0.15) is 54.0 Å². The zero-order valence-electron chi connectivity index (χ0n) is 16.8. The molecule has 144 valence electrons. The Morgan fingerprint density at radius 1 is 1.04 bits per heavy atom. The monoisotopic (exact) mass is 367 g/mol. The Kier molecular flexibility index (Phi) is 4.74. The molecule has 27 heavy (non-hydrogen) atoms. The van der Waals surface area contributed by atoms with Crippen LogP contribution in [-0.4, -0.2) is 43.6 Å². The molecule has 1 amide bonds. The minimum atomic E-state index is 0.233. The van der Waals surface area contributed by atoms with Crippen molar-refractivity contribution in [3.63, 3.8) is 0 Å². The van der Waals surface area contributed by atoms with Gasteiger partial charge in [-0.1, -0.05) is 12.8 Å². The van der Waals surface area contributed by atoms with Crippen LogP contribution in [0.2, 0.25) is 0 Å². The Morgan fingerprint density at radius 3 is 2.22 bits per heavy atom. The number of rotatable bonds is 3. The lowest BCUT2D eigenvalue weighted by Crippen LogP contribution is -2.30. The fourth-order valence-electron chi connectivity index (χ4n) is 4.80. The Balaban J connectivity index is 1.54. The molecule has 2 aromatic rings. The number of aromatic nitrogens is 4. The van der Waals surface area contributed by atoms with Crippen LogP contribution in [-0.2, 0) is 11.2 Å². The van der Waals surface area contributed by atoms with Gasteiger partial charge in [0.15, 0.2) is 0 Å². The van der Waals surface area contributed by atoms with Gasteiger partial charge in [-0.05, 0) is 58.4 Å². The fourth-order valence-corrected chi connectivity index (χ4v) is 4.80. The van der Waals surface area contributed by atoms with E-state index in [9.17, 15) is 4.79 Å². The lowest BCUT2D eigenvalue weighted by atomic mass is 9.82. The molecule has 0 unspecified atom stereocenters. The molecular weight excluding hydrogens is 338 g/mol. The van der Waals surface area contributed by atoms with E-state index in [4.69, 9.17) is 0 Å². The van der Waals surface area contributed by atoms with Crippen molar-refractivity contribution < 1.29 is 4.79 Å². The predicted molar refractivity (Wildman–Crippen MR) is 104 cm³/mol. The van der Waals surface area contributed by atoms with Gasteiger partial charge in [0.2, 0.25) is 5.91 Å². The van der Waals surface area contributed by atoms with Crippen molar-refractivity contribution in [3.8, 4) is 5.95 Å². The SMILES string of the molecule is Cc1cc(C)nc(-n2nc(C)c(CC(=O)N3C[C@H]4CCCC[C@H]4C3)c2C)n1. The highest BCUT2D eigenvalue weighted by Gasteiger charge is 2.36. The van der Waals surface area contributed by atoms with E-state index >= 15 is 0 Å². The maximum atomic E-state index is 13.0. The van der Waals surface area contributed by atoms with Crippen LogP contribution < -0.4 is 0 Å². The molecule has 0 radical (unpaired) electrons. The van der Waals surface area contributed by atoms with E-state index in [1.54, 1.807) is 4.68 Å². The molecule has 0 spiro atoms. The zero-order chi connectivity index (χ0) is 19.1. The van der Waals surface area contributed by atoms with Crippen LogP contribution in [0.25, 0.3) is 5.95 Å². The summed E-state index contributed by atoms with van der Waals surface area (Å²) in [5.74, 6) is 2.25. The van der Waals surface area contributed by atoms with Crippen molar-refractivity contribution in [2.45, 2.75) is 59.8 Å². The molecule has 4 rings (SSSR count). The average molecular weight is 367 g/mol. The number of amides is 1. The maximum absolute atomic E-state index is 13.0. The molecule has 0 N–H and O–H groups in total. The molecular formula is C21H29N5O. The summed E-state index contributed by atoms with van der Waals surface area (Å²) in [5, 5.41) is 4.64. The highest BCUT2D eigenvalue weighted by molar-refractivity contribution is 5.79. The number of hydrogen-bond acceptors (Lipinski definition) is 4. The van der Waals surface area contributed by atoms with Crippen LogP contribution in [0.4, 0.5) is 0 Å². The summed E-state index contributed by atoms with van der Waals surface area (Å²) in [6.07, 6.45) is 5.64. The van der Waals surface area contributed by atoms with Gasteiger partial charge in [0.25, 0.3) is 5.95 Å². The van der Waals surface area contributed by atoms with Crippen molar-refractivity contribution in [3.05, 3.63) is 34.4 Å². The van der Waals surface area contributed by atoms with E-state index in [-0.39, 0.29) is 5.91 Å². The Labute approximate surface area is 161 Å². The summed E-state index contributed by atoms with van der Waals surface area (Å²) in [6.45, 7) is 9.78. The van der Waals surface area contributed by atoms with E-state index in [0.29, 0.717) is 12.4 Å². The largest absolute Gasteiger partial charge is 0.342 e. The second-order valence-corrected chi connectivity index (χ2v) is 8.29. The van der Waals surface area contributed by atoms with Crippen LogP contribution in [0.3, 0.4) is 0 Å². The van der Waals surface area contributed by atoms with Crippen LogP contribution >= 0.6 is 0 Å². The number of carbonyl (C=O) groups excluding carboxylic acids is 1. The van der Waals surface area contributed by atoms with Gasteiger partial charge < -0.3 is 4.90 Å². The molecule has 3 heterocycles. The Morgan fingerprint density at radius 2 is 1.63 bits per heavy atom. The molecule has 0 aromatic carbocycles. The van der Waals surface area contributed by atoms with Crippen LogP contribution in [0, 0.1) is 39.5 Å². The minimum absolute atomic E-state index is 0.233. The van der Waals surface area contributed by atoms with E-state index in [1.807, 2.05) is 33.8 Å². The Bertz CT molecular complexity index is 837. The molecule has 6 heteroatoms. The molecule has 1 saturated carbocycles. The van der Waals surface area contributed by atoms with E-state index < -0.39 is 0 Å². The fraction of sp³-hybridized carbons (Fsp3) is 0.619. The highest BCUT2D eigenvalue weighted by Crippen LogP contribution is 2.36. The molecule has 0 bridgehead atoms. The second kappa shape index (κ2) is 7.06. The number of fused-ring (bicyclic) bond motifs is 1. The standard InChI is InChI=1S/C21H29N5O/c1-13-9-14(2)23-21(22-13)26-16(4)19(15(3)24-26)10-20(27)25-11-17-7-5-6-8-18(17)12-25/h9,17-18H,5-8,10-12H2,1-4H3/t17-,18+. The van der Waals surface area contributed by atoms with Crippen LogP contribution in [0.5, 0.6) is 0 Å². The van der Waals surface area contributed by atoms with Gasteiger partial charge in [0.1, 0.15) is 0 Å². The zero-order valence-corrected chi connectivity index (χ0v) is 16.8. The van der Waals surface area contributed by atoms with E-state index in [0.717, 1.165) is 53.3 Å². The lowest BCUT2D eigenvalue weighted by Gasteiger charge is -2.22. The summed E-state index contributed by atoms with van der Waals surface area (Å²) >= 11 is 0. The third-order valence-electron chi connectivity index (χ3n) is 6.26. The first-order valence-electron chi connectivity index (χ1n) is 10.1. The maximum Gasteiger partial charge on any atom is 0.251 e. The van der Waals surface area contributed by atoms with Crippen molar-refractivity contribution in [1.29, 1.82) is 0 Å². The normalized spacial score (nSPS) is 22.1. The summed E-state index contributed by atoms with van der Waals surface area (Å²) in [5.41, 5.74) is 4.70. The average Bonchev–Trinajstić information content (AvgIpc) is 3.17. The van der Waals surface area contributed by atoms with E-state index in [1.165, 1.54) is 25.7 Å². The highest BCUT2D eigenvalue weighted by atomic mass is 16.2. The van der Waals surface area contributed by atoms with Gasteiger partial charge in [0, 0.05) is 35.7 Å². The first-order valence-corrected chi connectivity index (χ1v) is 10.1. The third-order valence-corrected chi connectivity index (χ3v) is 6.26. The van der Waals surface area contributed by atoms with Crippen molar-refractivity contribution in [2.24, 2.45) is 11.8 Å². The van der Waals surface area contributed by atoms with E-state index in [2.05, 4.69) is 20.0 Å². The molecule has 6 nitrogen and oxygen atoms in total. The number of nitrogens with zero attached hydrogens (tertiary/aromatic N) is 5. The number of likely N-dealkylation sites (tertiary alicyclic amines) is 1. The molecule has 2 fully saturated rings. The van der Waals surface area contributed by atoms with Gasteiger partial charge in [-0.3, -0.25) is 4.79 Å². The Hall–Kier alpha value is -2.24. The molecule has 1 aliphatic heterocycles. The second-order valence-electron chi connectivity index (χ2n) is 8.29. The van der Waals surface area contributed by atoms with Gasteiger partial charge in [-0.2, -0.15) is 5.10 Å². The number of hydrogen-bond donors (Lipinski definition) is 0. The molecule has 2 aromatic heterocycles. The molecule has 2 atom stereocenters. The molecule has 1 saturated heterocycles. The molecule has 2 aliphatic rings. The topological polar surface area (TPSA) is 63.9 Å². The number of aryl methyl sites for hydroxylation is 3. The van der Waals surface area contributed by atoms with Crippen molar-refractivity contribution >= 4 is 5.91 Å². The summed E-state index contributed by atoms with van der Waals surface area (Å²) in [4.78, 5) is 24.1. The predicted octanol–water partition coefficient (Wildman–Crippen LogP) is 3.09. The smallest absolute Gasteiger partial charge is 0.251 e. The quantitative estimate of drug-likeness (QED) is 0.836. The van der Waals surface area contributed by atoms with Crippen molar-refractivity contribution in [1.82, 2.24) is 24.6 Å². The first kappa shape index (κ1) is 18.1. The first-order chi connectivity index (χ1) is 12.9. The summed E-state index contributed by atoms with van der Waals surface area (Å²) in [7, 11) is 0. The van der Waals surface area contributed by atoms with Gasteiger partial charge >= 0.3 is 0 Å². The number of carbonyl (C=O) groups is 1.